The molecule has 3 aromatic rings. The highest BCUT2D eigenvalue weighted by atomic mass is 16.5. The fourth-order valence-corrected chi connectivity index (χ4v) is 3.82. The van der Waals surface area contributed by atoms with E-state index < -0.39 is 0 Å². The third-order valence-corrected chi connectivity index (χ3v) is 5.08. The first-order valence-corrected chi connectivity index (χ1v) is 9.46. The van der Waals surface area contributed by atoms with E-state index in [-0.39, 0.29) is 11.9 Å². The lowest BCUT2D eigenvalue weighted by molar-refractivity contribution is 0.0611. The zero-order valence-corrected chi connectivity index (χ0v) is 15.7. The van der Waals surface area contributed by atoms with Crippen molar-refractivity contribution in [2.45, 2.75) is 32.9 Å². The molecule has 4 rings (SSSR count). The fourth-order valence-electron chi connectivity index (χ4n) is 3.82. The molecule has 0 fully saturated rings. The number of ether oxygens (including phenoxy) is 1. The van der Waals surface area contributed by atoms with E-state index in [1.165, 1.54) is 5.69 Å². The van der Waals surface area contributed by atoms with Crippen molar-refractivity contribution in [3.63, 3.8) is 0 Å². The van der Waals surface area contributed by atoms with Crippen LogP contribution in [0.5, 0.6) is 5.75 Å². The maximum atomic E-state index is 13.2. The standard InChI is InChI=1S/C21H24N4O2/c1-3-18-19-9-7-11-24(19)12-13-25(18)21(26)17-14-16(22-23-17)15-8-5-6-10-20(15)27-4-2/h5-11,14,18H,3-4,12-13H2,1-2H3,(H,22,23). The first-order chi connectivity index (χ1) is 13.2. The maximum Gasteiger partial charge on any atom is 0.272 e. The van der Waals surface area contributed by atoms with Gasteiger partial charge in [0, 0.05) is 30.5 Å². The van der Waals surface area contributed by atoms with Gasteiger partial charge in [0.05, 0.1) is 18.3 Å². The Balaban J connectivity index is 1.61. The monoisotopic (exact) mass is 364 g/mol. The summed E-state index contributed by atoms with van der Waals surface area (Å²) in [5.74, 6) is 0.759. The Kier molecular flexibility index (Phi) is 4.71. The Hall–Kier alpha value is -3.02. The highest BCUT2D eigenvalue weighted by Gasteiger charge is 2.31. The van der Waals surface area contributed by atoms with Crippen molar-refractivity contribution < 1.29 is 9.53 Å². The van der Waals surface area contributed by atoms with Crippen molar-refractivity contribution in [2.75, 3.05) is 13.2 Å². The van der Waals surface area contributed by atoms with E-state index in [0.29, 0.717) is 18.8 Å². The van der Waals surface area contributed by atoms with Crippen LogP contribution in [0.1, 0.15) is 42.5 Å². The number of amides is 1. The third-order valence-electron chi connectivity index (χ3n) is 5.08. The highest BCUT2D eigenvalue weighted by molar-refractivity contribution is 5.94. The molecule has 0 radical (unpaired) electrons. The Labute approximate surface area is 158 Å². The van der Waals surface area contributed by atoms with E-state index in [1.54, 1.807) is 0 Å². The Bertz CT molecular complexity index is 943. The van der Waals surface area contributed by atoms with Crippen LogP contribution in [0.15, 0.2) is 48.7 Å². The summed E-state index contributed by atoms with van der Waals surface area (Å²) in [6.45, 7) is 6.16. The molecule has 2 aromatic heterocycles. The highest BCUT2D eigenvalue weighted by Crippen LogP contribution is 2.32. The largest absolute Gasteiger partial charge is 0.493 e. The fraction of sp³-hybridized carbons (Fsp3) is 0.333. The number of nitrogens with one attached hydrogen (secondary N) is 1. The Morgan fingerprint density at radius 2 is 2.07 bits per heavy atom. The first kappa shape index (κ1) is 17.4. The van der Waals surface area contributed by atoms with Gasteiger partial charge in [-0.05, 0) is 43.7 Å². The van der Waals surface area contributed by atoms with Crippen LogP contribution in [-0.4, -0.2) is 38.7 Å². The summed E-state index contributed by atoms with van der Waals surface area (Å²) in [5.41, 5.74) is 3.30. The molecule has 0 spiro atoms. The predicted octanol–water partition coefficient (Wildman–Crippen LogP) is 3.88. The molecular formula is C21H24N4O2. The van der Waals surface area contributed by atoms with E-state index in [2.05, 4.69) is 34.0 Å². The van der Waals surface area contributed by atoms with Crippen molar-refractivity contribution in [3.8, 4) is 17.0 Å². The van der Waals surface area contributed by atoms with E-state index in [1.807, 2.05) is 48.2 Å². The van der Waals surface area contributed by atoms with Gasteiger partial charge in [-0.15, -0.1) is 0 Å². The summed E-state index contributed by atoms with van der Waals surface area (Å²) < 4.78 is 7.92. The van der Waals surface area contributed by atoms with Crippen LogP contribution in [0.2, 0.25) is 0 Å². The lowest BCUT2D eigenvalue weighted by Crippen LogP contribution is -2.41. The number of hydrogen-bond donors (Lipinski definition) is 1. The predicted molar refractivity (Wildman–Crippen MR) is 104 cm³/mol. The van der Waals surface area contributed by atoms with E-state index >= 15 is 0 Å². The molecule has 0 saturated carbocycles. The van der Waals surface area contributed by atoms with Crippen molar-refractivity contribution in [2.24, 2.45) is 0 Å². The molecule has 1 N–H and O–H groups in total. The molecule has 1 amide bonds. The van der Waals surface area contributed by atoms with Gasteiger partial charge in [0.25, 0.3) is 5.91 Å². The molecule has 1 aliphatic heterocycles. The summed E-state index contributed by atoms with van der Waals surface area (Å²) in [7, 11) is 0. The summed E-state index contributed by atoms with van der Waals surface area (Å²) in [4.78, 5) is 15.1. The number of nitrogens with zero attached hydrogens (tertiary/aromatic N) is 3. The van der Waals surface area contributed by atoms with Gasteiger partial charge in [0.2, 0.25) is 0 Å². The molecule has 3 heterocycles. The van der Waals surface area contributed by atoms with Crippen molar-refractivity contribution >= 4 is 5.91 Å². The van der Waals surface area contributed by atoms with Gasteiger partial charge >= 0.3 is 0 Å². The van der Waals surface area contributed by atoms with Gasteiger partial charge in [-0.25, -0.2) is 0 Å². The van der Waals surface area contributed by atoms with E-state index in [0.717, 1.165) is 30.0 Å². The molecule has 1 unspecified atom stereocenters. The molecule has 0 aliphatic carbocycles. The molecular weight excluding hydrogens is 340 g/mol. The van der Waals surface area contributed by atoms with Gasteiger partial charge in [0.15, 0.2) is 0 Å². The van der Waals surface area contributed by atoms with Crippen LogP contribution in [-0.2, 0) is 6.54 Å². The van der Waals surface area contributed by atoms with Crippen LogP contribution >= 0.6 is 0 Å². The van der Waals surface area contributed by atoms with Crippen LogP contribution in [0.25, 0.3) is 11.3 Å². The van der Waals surface area contributed by atoms with Crippen LogP contribution in [0.4, 0.5) is 0 Å². The van der Waals surface area contributed by atoms with E-state index in [4.69, 9.17) is 4.74 Å². The second-order valence-electron chi connectivity index (χ2n) is 6.65. The van der Waals surface area contributed by atoms with Crippen molar-refractivity contribution in [1.82, 2.24) is 19.7 Å². The summed E-state index contributed by atoms with van der Waals surface area (Å²) in [5, 5.41) is 7.30. The lowest BCUT2D eigenvalue weighted by atomic mass is 10.1. The number of aromatic amines is 1. The quantitative estimate of drug-likeness (QED) is 0.747. The molecule has 6 nitrogen and oxygen atoms in total. The van der Waals surface area contributed by atoms with E-state index in [9.17, 15) is 4.79 Å². The Morgan fingerprint density at radius 1 is 1.22 bits per heavy atom. The minimum absolute atomic E-state index is 0.0121. The smallest absolute Gasteiger partial charge is 0.272 e. The average Bonchev–Trinajstić information content (AvgIpc) is 3.37. The zero-order valence-electron chi connectivity index (χ0n) is 15.7. The minimum Gasteiger partial charge on any atom is -0.493 e. The molecule has 1 aliphatic rings. The second kappa shape index (κ2) is 7.31. The molecule has 0 bridgehead atoms. The summed E-state index contributed by atoms with van der Waals surface area (Å²) >= 11 is 0. The molecule has 6 heteroatoms. The van der Waals surface area contributed by atoms with Crippen LogP contribution in [0, 0.1) is 0 Å². The number of para-hydroxylation sites is 1. The number of benzene rings is 1. The van der Waals surface area contributed by atoms with Gasteiger partial charge in [0.1, 0.15) is 11.4 Å². The van der Waals surface area contributed by atoms with Crippen molar-refractivity contribution in [1.29, 1.82) is 0 Å². The van der Waals surface area contributed by atoms with Gasteiger partial charge in [-0.1, -0.05) is 19.1 Å². The number of carbonyl (C=O) groups excluding carboxylic acids is 1. The number of rotatable bonds is 5. The maximum absolute atomic E-state index is 13.2. The van der Waals surface area contributed by atoms with Gasteiger partial charge < -0.3 is 14.2 Å². The van der Waals surface area contributed by atoms with Crippen molar-refractivity contribution in [3.05, 3.63) is 60.0 Å². The molecule has 1 atom stereocenters. The zero-order chi connectivity index (χ0) is 18.8. The molecule has 27 heavy (non-hydrogen) atoms. The molecule has 1 aromatic carbocycles. The topological polar surface area (TPSA) is 63.1 Å². The van der Waals surface area contributed by atoms with Gasteiger partial charge in [-0.3, -0.25) is 9.89 Å². The second-order valence-corrected chi connectivity index (χ2v) is 6.65. The SMILES string of the molecule is CCOc1ccccc1-c1cc(C(=O)N2CCn3cccc3C2CC)[nH]n1. The molecule has 140 valence electrons. The first-order valence-electron chi connectivity index (χ1n) is 9.46. The minimum atomic E-state index is -0.0121. The normalized spacial score (nSPS) is 16.2. The summed E-state index contributed by atoms with van der Waals surface area (Å²) in [6, 6.07) is 13.8. The molecule has 0 saturated heterocycles. The Morgan fingerprint density at radius 3 is 2.89 bits per heavy atom. The average molecular weight is 364 g/mol. The number of H-pyrrole nitrogens is 1. The van der Waals surface area contributed by atoms with Crippen LogP contribution < -0.4 is 4.74 Å². The lowest BCUT2D eigenvalue weighted by Gasteiger charge is -2.36. The number of aromatic nitrogens is 3. The number of hydrogen-bond acceptors (Lipinski definition) is 3. The van der Waals surface area contributed by atoms with Gasteiger partial charge in [-0.2, -0.15) is 5.10 Å². The number of fused-ring (bicyclic) bond motifs is 1. The van der Waals surface area contributed by atoms with Crippen LogP contribution in [0.3, 0.4) is 0 Å². The number of carbonyl (C=O) groups is 1. The summed E-state index contributed by atoms with van der Waals surface area (Å²) in [6.07, 6.45) is 2.96. The third kappa shape index (κ3) is 3.12.